The van der Waals surface area contributed by atoms with E-state index < -0.39 is 17.6 Å². The van der Waals surface area contributed by atoms with Gasteiger partial charge in [0.2, 0.25) is 5.95 Å². The third-order valence-electron chi connectivity index (χ3n) is 4.03. The summed E-state index contributed by atoms with van der Waals surface area (Å²) in [5.74, 6) is -0.448. The molecule has 5 nitrogen and oxygen atoms in total. The topological polar surface area (TPSA) is 66.9 Å². The Morgan fingerprint density at radius 2 is 1.64 bits per heavy atom. The predicted octanol–water partition coefficient (Wildman–Crippen LogP) is 5.11. The highest BCUT2D eigenvalue weighted by Crippen LogP contribution is 2.35. The first-order valence-corrected chi connectivity index (χ1v) is 8.38. The van der Waals surface area contributed by atoms with Gasteiger partial charge in [0.05, 0.1) is 16.8 Å². The number of aromatic nitrogens is 2. The lowest BCUT2D eigenvalue weighted by Gasteiger charge is -2.13. The van der Waals surface area contributed by atoms with Gasteiger partial charge < -0.3 is 10.6 Å². The fourth-order valence-corrected chi connectivity index (χ4v) is 2.53. The van der Waals surface area contributed by atoms with E-state index in [9.17, 15) is 18.0 Å². The maximum absolute atomic E-state index is 13.1. The molecule has 0 aliphatic heterocycles. The van der Waals surface area contributed by atoms with Gasteiger partial charge in [-0.25, -0.2) is 9.97 Å². The highest BCUT2D eigenvalue weighted by molar-refractivity contribution is 6.04. The summed E-state index contributed by atoms with van der Waals surface area (Å²) in [6, 6.07) is 10.7. The Kier molecular flexibility index (Phi) is 5.30. The van der Waals surface area contributed by atoms with Crippen molar-refractivity contribution < 1.29 is 18.0 Å². The number of carbonyl (C=O) groups is 1. The van der Waals surface area contributed by atoms with Gasteiger partial charge in [0.1, 0.15) is 0 Å². The van der Waals surface area contributed by atoms with E-state index in [-0.39, 0.29) is 17.2 Å². The number of aryl methyl sites for hydroxylation is 2. The molecule has 0 saturated carbocycles. The molecule has 0 unspecified atom stereocenters. The van der Waals surface area contributed by atoms with Crippen molar-refractivity contribution in [3.63, 3.8) is 0 Å². The zero-order valence-electron chi connectivity index (χ0n) is 15.1. The highest BCUT2D eigenvalue weighted by atomic mass is 19.4. The van der Waals surface area contributed by atoms with E-state index in [1.54, 1.807) is 0 Å². The SMILES string of the molecule is Cc1ccc(C)c(NC(=O)c2cnc(Nc3ccccc3C(F)(F)F)nc2)c1. The van der Waals surface area contributed by atoms with Crippen LogP contribution in [-0.4, -0.2) is 15.9 Å². The molecule has 3 rings (SSSR count). The lowest BCUT2D eigenvalue weighted by atomic mass is 10.1. The van der Waals surface area contributed by atoms with Crippen molar-refractivity contribution in [2.75, 3.05) is 10.6 Å². The van der Waals surface area contributed by atoms with Gasteiger partial charge in [-0.15, -0.1) is 0 Å². The number of para-hydroxylation sites is 1. The number of nitrogens with zero attached hydrogens (tertiary/aromatic N) is 2. The summed E-state index contributed by atoms with van der Waals surface area (Å²) in [4.78, 5) is 20.3. The Bertz CT molecular complexity index is 1000. The van der Waals surface area contributed by atoms with E-state index in [0.717, 1.165) is 17.2 Å². The van der Waals surface area contributed by atoms with Crippen LogP contribution in [0.3, 0.4) is 0 Å². The number of halogens is 3. The van der Waals surface area contributed by atoms with Crippen LogP contribution in [0.5, 0.6) is 0 Å². The van der Waals surface area contributed by atoms with Crippen LogP contribution >= 0.6 is 0 Å². The van der Waals surface area contributed by atoms with Crippen LogP contribution in [0.4, 0.5) is 30.5 Å². The number of hydrogen-bond acceptors (Lipinski definition) is 4. The van der Waals surface area contributed by atoms with E-state index in [0.29, 0.717) is 5.69 Å². The summed E-state index contributed by atoms with van der Waals surface area (Å²) in [5.41, 5.74) is 1.78. The zero-order chi connectivity index (χ0) is 20.3. The molecule has 0 bridgehead atoms. The van der Waals surface area contributed by atoms with Crippen molar-refractivity contribution in [3.05, 3.63) is 77.1 Å². The summed E-state index contributed by atoms with van der Waals surface area (Å²) in [6.45, 7) is 3.79. The monoisotopic (exact) mass is 386 g/mol. The average Bonchev–Trinajstić information content (AvgIpc) is 2.65. The van der Waals surface area contributed by atoms with E-state index in [1.807, 2.05) is 32.0 Å². The predicted molar refractivity (Wildman–Crippen MR) is 101 cm³/mol. The summed E-state index contributed by atoms with van der Waals surface area (Å²) in [7, 11) is 0. The van der Waals surface area contributed by atoms with Crippen LogP contribution in [0, 0.1) is 13.8 Å². The second kappa shape index (κ2) is 7.67. The van der Waals surface area contributed by atoms with Gasteiger partial charge in [-0.3, -0.25) is 4.79 Å². The number of benzene rings is 2. The van der Waals surface area contributed by atoms with Crippen LogP contribution in [0.15, 0.2) is 54.9 Å². The van der Waals surface area contributed by atoms with Crippen molar-refractivity contribution in [3.8, 4) is 0 Å². The molecule has 0 aliphatic rings. The maximum Gasteiger partial charge on any atom is 0.418 e. The van der Waals surface area contributed by atoms with Crippen LogP contribution < -0.4 is 10.6 Å². The lowest BCUT2D eigenvalue weighted by Crippen LogP contribution is -2.14. The molecule has 0 aliphatic carbocycles. The first kappa shape index (κ1) is 19.3. The fraction of sp³-hybridized carbons (Fsp3) is 0.150. The van der Waals surface area contributed by atoms with Crippen molar-refractivity contribution >= 4 is 23.2 Å². The third kappa shape index (κ3) is 4.46. The quantitative estimate of drug-likeness (QED) is 0.654. The van der Waals surface area contributed by atoms with E-state index >= 15 is 0 Å². The summed E-state index contributed by atoms with van der Waals surface area (Å²) < 4.78 is 39.2. The second-order valence-corrected chi connectivity index (χ2v) is 6.24. The summed E-state index contributed by atoms with van der Waals surface area (Å²) in [6.07, 6.45) is -1.99. The maximum atomic E-state index is 13.1. The average molecular weight is 386 g/mol. The molecule has 3 aromatic rings. The molecule has 0 spiro atoms. The number of hydrogen-bond donors (Lipinski definition) is 2. The molecule has 2 aromatic carbocycles. The number of carbonyl (C=O) groups excluding carboxylic acids is 1. The van der Waals surface area contributed by atoms with Crippen molar-refractivity contribution in [1.29, 1.82) is 0 Å². The van der Waals surface area contributed by atoms with Gasteiger partial charge in [0.25, 0.3) is 5.91 Å². The van der Waals surface area contributed by atoms with Gasteiger partial charge in [0.15, 0.2) is 0 Å². The van der Waals surface area contributed by atoms with Gasteiger partial charge in [-0.05, 0) is 43.2 Å². The molecule has 1 aromatic heterocycles. The Hall–Kier alpha value is -3.42. The lowest BCUT2D eigenvalue weighted by molar-refractivity contribution is -0.136. The molecular formula is C20H17F3N4O. The molecule has 1 heterocycles. The minimum absolute atomic E-state index is 0.0417. The minimum Gasteiger partial charge on any atom is -0.324 e. The first-order valence-electron chi connectivity index (χ1n) is 8.38. The largest absolute Gasteiger partial charge is 0.418 e. The first-order chi connectivity index (χ1) is 13.2. The summed E-state index contributed by atoms with van der Waals surface area (Å²) >= 11 is 0. The van der Waals surface area contributed by atoms with Crippen LogP contribution in [0.25, 0.3) is 0 Å². The normalized spacial score (nSPS) is 11.2. The van der Waals surface area contributed by atoms with Crippen LogP contribution in [0.1, 0.15) is 27.0 Å². The van der Waals surface area contributed by atoms with Crippen LogP contribution in [-0.2, 0) is 6.18 Å². The number of nitrogens with one attached hydrogen (secondary N) is 2. The van der Waals surface area contributed by atoms with E-state index in [4.69, 9.17) is 0 Å². The molecule has 0 atom stereocenters. The molecule has 2 N–H and O–H groups in total. The smallest absolute Gasteiger partial charge is 0.324 e. The molecule has 144 valence electrons. The van der Waals surface area contributed by atoms with Crippen molar-refractivity contribution in [2.24, 2.45) is 0 Å². The van der Waals surface area contributed by atoms with Gasteiger partial charge in [0, 0.05) is 18.1 Å². The molecule has 1 amide bonds. The minimum atomic E-state index is -4.50. The number of amides is 1. The standard InChI is InChI=1S/C20H17F3N4O/c1-12-7-8-13(2)17(9-12)26-18(28)14-10-24-19(25-11-14)27-16-6-4-3-5-15(16)20(21,22)23/h3-11H,1-2H3,(H,26,28)(H,24,25,27). The molecular weight excluding hydrogens is 369 g/mol. The highest BCUT2D eigenvalue weighted by Gasteiger charge is 2.33. The second-order valence-electron chi connectivity index (χ2n) is 6.24. The van der Waals surface area contributed by atoms with E-state index in [1.165, 1.54) is 30.6 Å². The van der Waals surface area contributed by atoms with Gasteiger partial charge >= 0.3 is 6.18 Å². The van der Waals surface area contributed by atoms with Crippen LogP contribution in [0.2, 0.25) is 0 Å². The van der Waals surface area contributed by atoms with Crippen molar-refractivity contribution in [1.82, 2.24) is 9.97 Å². The molecule has 8 heteroatoms. The summed E-state index contributed by atoms with van der Waals surface area (Å²) in [5, 5.41) is 5.31. The number of rotatable bonds is 4. The molecule has 0 saturated heterocycles. The van der Waals surface area contributed by atoms with E-state index in [2.05, 4.69) is 20.6 Å². The van der Waals surface area contributed by atoms with Crippen molar-refractivity contribution in [2.45, 2.75) is 20.0 Å². The Labute approximate surface area is 159 Å². The Balaban J connectivity index is 1.75. The molecule has 0 radical (unpaired) electrons. The zero-order valence-corrected chi connectivity index (χ0v) is 15.1. The number of alkyl halides is 3. The Morgan fingerprint density at radius 3 is 2.32 bits per heavy atom. The van der Waals surface area contributed by atoms with Gasteiger partial charge in [-0.2, -0.15) is 13.2 Å². The number of anilines is 3. The third-order valence-corrected chi connectivity index (χ3v) is 4.03. The Morgan fingerprint density at radius 1 is 0.964 bits per heavy atom. The molecule has 28 heavy (non-hydrogen) atoms. The fourth-order valence-electron chi connectivity index (χ4n) is 2.53. The molecule has 0 fully saturated rings. The van der Waals surface area contributed by atoms with Gasteiger partial charge in [-0.1, -0.05) is 24.3 Å².